The lowest BCUT2D eigenvalue weighted by atomic mass is 9.51. The molecule has 6 nitrogen and oxygen atoms in total. The first-order valence-corrected chi connectivity index (χ1v) is 14.4. The molecule has 5 atom stereocenters. The number of phenols is 1. The number of hydrogen-bond acceptors (Lipinski definition) is 5. The maximum atomic E-state index is 12.1. The number of carbonyl (C=O) groups is 1. The van der Waals surface area contributed by atoms with Crippen molar-refractivity contribution in [3.05, 3.63) is 51.0 Å². The van der Waals surface area contributed by atoms with Gasteiger partial charge < -0.3 is 20.5 Å². The fraction of sp³-hybridized carbons (Fsp3) is 0.552. The Labute approximate surface area is 227 Å². The number of benzene rings is 2. The molecule has 2 aliphatic heterocycles. The average molecular weight is 543 g/mol. The number of nitrogens with zero attached hydrogens (tertiary/aromatic N) is 1. The van der Waals surface area contributed by atoms with Gasteiger partial charge in [0.05, 0.1) is 10.0 Å². The monoisotopic (exact) mass is 541 g/mol. The van der Waals surface area contributed by atoms with Crippen molar-refractivity contribution in [2.24, 2.45) is 11.8 Å². The van der Waals surface area contributed by atoms with E-state index in [0.717, 1.165) is 60.5 Å². The van der Waals surface area contributed by atoms with E-state index in [-0.39, 0.29) is 29.2 Å². The molecule has 2 saturated carbocycles. The fourth-order valence-electron chi connectivity index (χ4n) is 7.98. The van der Waals surface area contributed by atoms with Gasteiger partial charge in [-0.1, -0.05) is 29.3 Å². The molecular formula is C29H33Cl2N3O3. The summed E-state index contributed by atoms with van der Waals surface area (Å²) < 4.78 is 6.75. The average Bonchev–Trinajstić information content (AvgIpc) is 3.61. The molecule has 2 heterocycles. The number of carbonyl (C=O) groups excluding carboxylic acids is 1. The summed E-state index contributed by atoms with van der Waals surface area (Å²) in [6.07, 6.45) is 6.68. The van der Waals surface area contributed by atoms with Crippen molar-refractivity contribution in [1.82, 2.24) is 10.2 Å². The molecule has 5 aliphatic rings. The van der Waals surface area contributed by atoms with Crippen LogP contribution < -0.4 is 15.4 Å². The number of ether oxygens (including phenoxy) is 1. The summed E-state index contributed by atoms with van der Waals surface area (Å²) >= 11 is 12.4. The zero-order chi connectivity index (χ0) is 25.5. The highest BCUT2D eigenvalue weighted by Crippen LogP contribution is 2.65. The Hall–Kier alpha value is -1.99. The van der Waals surface area contributed by atoms with Gasteiger partial charge in [0.25, 0.3) is 0 Å². The van der Waals surface area contributed by atoms with Crippen LogP contribution in [0.15, 0.2) is 24.3 Å². The molecule has 7 rings (SSSR count). The smallest absolute Gasteiger partial charge is 0.221 e. The first-order valence-electron chi connectivity index (χ1n) is 13.6. The molecule has 3 aliphatic carbocycles. The van der Waals surface area contributed by atoms with E-state index in [1.807, 2.05) is 18.2 Å². The zero-order valence-electron chi connectivity index (χ0n) is 21.0. The van der Waals surface area contributed by atoms with Crippen molar-refractivity contribution in [1.29, 1.82) is 0 Å². The van der Waals surface area contributed by atoms with E-state index in [2.05, 4.69) is 15.5 Å². The van der Waals surface area contributed by atoms with Gasteiger partial charge in [-0.15, -0.1) is 0 Å². The first kappa shape index (κ1) is 24.1. The van der Waals surface area contributed by atoms with Crippen LogP contribution in [0.3, 0.4) is 0 Å². The number of halogens is 2. The number of phenolic OH excluding ortho intramolecular Hbond substituents is 1. The van der Waals surface area contributed by atoms with E-state index in [0.29, 0.717) is 34.3 Å². The lowest BCUT2D eigenvalue weighted by Gasteiger charge is -2.60. The minimum absolute atomic E-state index is 0.0628. The molecule has 2 aromatic carbocycles. The third-order valence-corrected chi connectivity index (χ3v) is 10.4. The predicted molar refractivity (Wildman–Crippen MR) is 145 cm³/mol. The van der Waals surface area contributed by atoms with Crippen molar-refractivity contribution >= 4 is 34.8 Å². The third-order valence-electron chi connectivity index (χ3n) is 9.61. The van der Waals surface area contributed by atoms with Crippen molar-refractivity contribution in [3.8, 4) is 11.5 Å². The molecule has 2 aromatic rings. The maximum Gasteiger partial charge on any atom is 0.221 e. The Morgan fingerprint density at radius 3 is 2.78 bits per heavy atom. The van der Waals surface area contributed by atoms with Gasteiger partial charge >= 0.3 is 0 Å². The standard InChI is InChI=1S/C29H33Cl2N3O3/c1-15(35)33-23-12-25(36)27-26-18(23)11-24-19-5-7-22(32-13-17-4-6-20(30)21(31)10-17)28(37-27)29(19,26)8-9-34(24)14-16-2-3-16/h4,6,10,12,16,19,22,24,28,32,36H,2-3,5,7-9,11,13-14H2,1H3,(H,33,35)/t19-,22-,24+,28-,29-/m0/s1. The Kier molecular flexibility index (Phi) is 5.71. The fourth-order valence-corrected chi connectivity index (χ4v) is 8.30. The van der Waals surface area contributed by atoms with Gasteiger partial charge in [0, 0.05) is 54.8 Å². The number of likely N-dealkylation sites (tertiary alicyclic amines) is 1. The van der Waals surface area contributed by atoms with Gasteiger partial charge in [-0.2, -0.15) is 0 Å². The number of amides is 1. The summed E-state index contributed by atoms with van der Waals surface area (Å²) in [5.41, 5.74) is 4.00. The van der Waals surface area contributed by atoms with E-state index in [4.69, 9.17) is 27.9 Å². The summed E-state index contributed by atoms with van der Waals surface area (Å²) in [5, 5.41) is 19.0. The van der Waals surface area contributed by atoms with Gasteiger partial charge in [0.2, 0.25) is 5.91 Å². The number of piperidine rings is 1. The van der Waals surface area contributed by atoms with Gasteiger partial charge in [-0.3, -0.25) is 9.69 Å². The lowest BCUT2D eigenvalue weighted by Crippen LogP contribution is -2.68. The molecule has 0 unspecified atom stereocenters. The van der Waals surface area contributed by atoms with Crippen LogP contribution in [0.4, 0.5) is 5.69 Å². The molecule has 37 heavy (non-hydrogen) atoms. The Bertz CT molecular complexity index is 1280. The normalized spacial score (nSPS) is 31.5. The molecule has 196 valence electrons. The van der Waals surface area contributed by atoms with Gasteiger partial charge in [0.15, 0.2) is 11.5 Å². The summed E-state index contributed by atoms with van der Waals surface area (Å²) in [7, 11) is 0. The Balaban J connectivity index is 1.27. The largest absolute Gasteiger partial charge is 0.504 e. The van der Waals surface area contributed by atoms with E-state index >= 15 is 0 Å². The highest BCUT2D eigenvalue weighted by molar-refractivity contribution is 6.42. The van der Waals surface area contributed by atoms with Crippen LogP contribution in [0.2, 0.25) is 10.0 Å². The third kappa shape index (κ3) is 3.78. The number of nitrogens with one attached hydrogen (secondary N) is 2. The van der Waals surface area contributed by atoms with Crippen molar-refractivity contribution in [3.63, 3.8) is 0 Å². The number of aromatic hydroxyl groups is 1. The topological polar surface area (TPSA) is 73.8 Å². The lowest BCUT2D eigenvalue weighted by molar-refractivity contribution is -0.114. The molecule has 1 saturated heterocycles. The molecule has 0 radical (unpaired) electrons. The van der Waals surface area contributed by atoms with Crippen molar-refractivity contribution in [2.45, 2.75) is 75.6 Å². The number of rotatable bonds is 6. The van der Waals surface area contributed by atoms with Gasteiger partial charge in [0.1, 0.15) is 6.10 Å². The van der Waals surface area contributed by atoms with E-state index in [9.17, 15) is 9.90 Å². The second-order valence-electron chi connectivity index (χ2n) is 11.8. The zero-order valence-corrected chi connectivity index (χ0v) is 22.5. The summed E-state index contributed by atoms with van der Waals surface area (Å²) in [5.74, 6) is 1.97. The second kappa shape index (κ2) is 8.77. The van der Waals surface area contributed by atoms with Crippen molar-refractivity contribution < 1.29 is 14.6 Å². The van der Waals surface area contributed by atoms with Crippen LogP contribution in [0.5, 0.6) is 11.5 Å². The van der Waals surface area contributed by atoms with Crippen LogP contribution in [0.25, 0.3) is 0 Å². The van der Waals surface area contributed by atoms with Crippen LogP contribution in [-0.2, 0) is 23.2 Å². The number of hydrogen-bond donors (Lipinski definition) is 3. The molecule has 1 amide bonds. The van der Waals surface area contributed by atoms with E-state index < -0.39 is 0 Å². The SMILES string of the molecule is CC(=O)Nc1cc(O)c2c3c1C[C@@H]1[C@@H]4CC[C@H](NCc5ccc(Cl)c(Cl)c5)[C@H](O2)[C@]34CCN1CC1CC1. The molecule has 8 heteroatoms. The summed E-state index contributed by atoms with van der Waals surface area (Å²) in [4.78, 5) is 14.8. The summed E-state index contributed by atoms with van der Waals surface area (Å²) in [6.45, 7) is 4.44. The quantitative estimate of drug-likeness (QED) is 0.464. The van der Waals surface area contributed by atoms with Crippen LogP contribution >= 0.6 is 23.2 Å². The minimum atomic E-state index is -0.160. The Morgan fingerprint density at radius 1 is 1.19 bits per heavy atom. The summed E-state index contributed by atoms with van der Waals surface area (Å²) in [6, 6.07) is 8.04. The van der Waals surface area contributed by atoms with Gasteiger partial charge in [-0.05, 0) is 80.2 Å². The maximum absolute atomic E-state index is 12.1. The van der Waals surface area contributed by atoms with Crippen molar-refractivity contribution in [2.75, 3.05) is 18.4 Å². The molecule has 0 aromatic heterocycles. The molecule has 1 spiro atoms. The van der Waals surface area contributed by atoms with E-state index in [1.165, 1.54) is 26.3 Å². The van der Waals surface area contributed by atoms with Crippen LogP contribution in [0.1, 0.15) is 55.7 Å². The van der Waals surface area contributed by atoms with Crippen LogP contribution in [-0.4, -0.2) is 47.2 Å². The highest BCUT2D eigenvalue weighted by atomic mass is 35.5. The molecular weight excluding hydrogens is 509 g/mol. The number of anilines is 1. The predicted octanol–water partition coefficient (Wildman–Crippen LogP) is 5.27. The first-order chi connectivity index (χ1) is 17.8. The molecule has 3 N–H and O–H groups in total. The highest BCUT2D eigenvalue weighted by Gasteiger charge is 2.66. The molecule has 3 fully saturated rings. The van der Waals surface area contributed by atoms with E-state index in [1.54, 1.807) is 6.07 Å². The Morgan fingerprint density at radius 2 is 2.03 bits per heavy atom. The van der Waals surface area contributed by atoms with Gasteiger partial charge in [-0.25, -0.2) is 0 Å². The second-order valence-corrected chi connectivity index (χ2v) is 12.6. The van der Waals surface area contributed by atoms with Crippen LogP contribution in [0, 0.1) is 11.8 Å². The molecule has 2 bridgehead atoms. The minimum Gasteiger partial charge on any atom is -0.504 e.